The average Bonchev–Trinajstić information content (AvgIpc) is 3.34. The first kappa shape index (κ1) is 29.2. The van der Waals surface area contributed by atoms with E-state index in [0.717, 1.165) is 27.7 Å². The predicted molar refractivity (Wildman–Crippen MR) is 156 cm³/mol. The third-order valence-electron chi connectivity index (χ3n) is 6.91. The van der Waals surface area contributed by atoms with E-state index in [-0.39, 0.29) is 31.7 Å². The molecule has 4 aromatic rings. The lowest BCUT2D eigenvalue weighted by Crippen LogP contribution is -2.46. The summed E-state index contributed by atoms with van der Waals surface area (Å²) < 4.78 is 16.4. The fraction of sp³-hybridized carbons (Fsp3) is 0.300. The number of aromatic amines is 1. The summed E-state index contributed by atoms with van der Waals surface area (Å²) in [6.07, 6.45) is -1.43. The lowest BCUT2D eigenvalue weighted by Gasteiger charge is -2.38. The largest absolute Gasteiger partial charge is 0.491 e. The van der Waals surface area contributed by atoms with Crippen molar-refractivity contribution >= 4 is 40.0 Å². The topological polar surface area (TPSA) is 116 Å². The minimum absolute atomic E-state index is 0.00271. The zero-order chi connectivity index (χ0) is 28.9. The molecule has 3 atom stereocenters. The van der Waals surface area contributed by atoms with Crippen LogP contribution in [0.1, 0.15) is 22.9 Å². The highest BCUT2D eigenvalue weighted by atomic mass is 35.5. The number of rotatable bonds is 11. The van der Waals surface area contributed by atoms with E-state index in [1.807, 2.05) is 47.4 Å². The summed E-state index contributed by atoms with van der Waals surface area (Å²) >= 11 is 12.3. The van der Waals surface area contributed by atoms with Crippen LogP contribution in [-0.4, -0.2) is 71.9 Å². The van der Waals surface area contributed by atoms with E-state index in [4.69, 9.17) is 37.4 Å². The minimum atomic E-state index is -1.23. The van der Waals surface area contributed by atoms with Gasteiger partial charge >= 0.3 is 0 Å². The number of H-pyrrole nitrogens is 1. The molecule has 0 spiro atoms. The van der Waals surface area contributed by atoms with Crippen LogP contribution < -0.4 is 14.8 Å². The number of fused-ring (bicyclic) bond motifs is 3. The average molecular weight is 600 g/mol. The number of hydrogen-bond acceptors (Lipinski definition) is 7. The van der Waals surface area contributed by atoms with Crippen molar-refractivity contribution in [2.75, 3.05) is 33.4 Å². The van der Waals surface area contributed by atoms with Crippen LogP contribution in [0.4, 0.5) is 0 Å². The van der Waals surface area contributed by atoms with Crippen molar-refractivity contribution in [3.05, 3.63) is 93.6 Å². The van der Waals surface area contributed by atoms with Gasteiger partial charge in [0.25, 0.3) is 6.41 Å². The first-order valence-corrected chi connectivity index (χ1v) is 13.9. The smallest absolute Gasteiger partial charge is 0.260 e. The summed E-state index contributed by atoms with van der Waals surface area (Å²) in [5.41, 5.74) is 3.96. The fourth-order valence-corrected chi connectivity index (χ4v) is 5.29. The Kier molecular flexibility index (Phi) is 9.34. The molecule has 2 heterocycles. The van der Waals surface area contributed by atoms with Crippen molar-refractivity contribution in [2.45, 2.75) is 25.0 Å². The second-order valence-electron chi connectivity index (χ2n) is 9.77. The molecule has 11 heteroatoms. The molecule has 41 heavy (non-hydrogen) atoms. The number of nitrogens with one attached hydrogen (secondary N) is 2. The Hall–Kier alpha value is -3.31. The molecule has 0 fully saturated rings. The summed E-state index contributed by atoms with van der Waals surface area (Å²) in [7, 11) is 1.43. The summed E-state index contributed by atoms with van der Waals surface area (Å²) in [6, 6.07) is 19.7. The van der Waals surface area contributed by atoms with Crippen molar-refractivity contribution in [2.24, 2.45) is 0 Å². The Morgan fingerprint density at radius 2 is 1.76 bits per heavy atom. The third-order valence-corrected chi connectivity index (χ3v) is 7.40. The van der Waals surface area contributed by atoms with Gasteiger partial charge < -0.3 is 34.7 Å². The first-order chi connectivity index (χ1) is 19.8. The second-order valence-corrected chi connectivity index (χ2v) is 10.6. The van der Waals surface area contributed by atoms with Gasteiger partial charge in [-0.3, -0.25) is 4.79 Å². The number of aliphatic hydroxyl groups is 2. The van der Waals surface area contributed by atoms with Gasteiger partial charge in [-0.15, -0.1) is 0 Å². The molecule has 3 unspecified atom stereocenters. The summed E-state index contributed by atoms with van der Waals surface area (Å²) in [4.78, 5) is 17.0. The van der Waals surface area contributed by atoms with Gasteiger partial charge in [0.1, 0.15) is 30.8 Å². The van der Waals surface area contributed by atoms with E-state index >= 15 is 0 Å². The standard InChI is InChI=1S/C30H31Cl2N3O6/c1-39-17-27(37)33-15-21(36)16-40-22-7-2-18(3-8-22)29-28-24(25-14-20(32)6-11-26(25)34-28)12-13-35(29)30(38)41-23-9-4-19(31)5-10-23/h2-11,14,21,29-30,34,36,38H,12-13,15-17H2,1H3,(H,33,37). The molecular formula is C30H31Cl2N3O6. The number of carbonyl (C=O) groups excluding carboxylic acids is 1. The van der Waals surface area contributed by atoms with Gasteiger partial charge in [0.05, 0.1) is 6.04 Å². The Morgan fingerprint density at radius 1 is 1.05 bits per heavy atom. The van der Waals surface area contributed by atoms with Crippen molar-refractivity contribution in [1.82, 2.24) is 15.2 Å². The normalized spacial score (nSPS) is 16.7. The number of nitrogens with zero attached hydrogens (tertiary/aromatic N) is 1. The summed E-state index contributed by atoms with van der Waals surface area (Å²) in [6.45, 7) is 0.516. The van der Waals surface area contributed by atoms with Gasteiger partial charge in [0, 0.05) is 46.8 Å². The first-order valence-electron chi connectivity index (χ1n) is 13.1. The number of amides is 1. The fourth-order valence-electron chi connectivity index (χ4n) is 4.99. The number of carbonyl (C=O) groups is 1. The maximum absolute atomic E-state index is 11.5. The zero-order valence-corrected chi connectivity index (χ0v) is 23.9. The molecule has 216 valence electrons. The van der Waals surface area contributed by atoms with E-state index < -0.39 is 12.5 Å². The lowest BCUT2D eigenvalue weighted by molar-refractivity contribution is -0.150. The van der Waals surface area contributed by atoms with E-state index in [2.05, 4.69) is 10.3 Å². The van der Waals surface area contributed by atoms with Gasteiger partial charge in [0.2, 0.25) is 5.91 Å². The summed E-state index contributed by atoms with van der Waals surface area (Å²) in [5.74, 6) is 0.740. The quantitative estimate of drug-likeness (QED) is 0.190. The highest BCUT2D eigenvalue weighted by Crippen LogP contribution is 2.40. The van der Waals surface area contributed by atoms with Gasteiger partial charge in [-0.2, -0.15) is 0 Å². The third kappa shape index (κ3) is 6.95. The predicted octanol–water partition coefficient (Wildman–Crippen LogP) is 4.28. The van der Waals surface area contributed by atoms with Crippen LogP contribution in [0.15, 0.2) is 66.7 Å². The SMILES string of the molecule is COCC(=O)NCC(O)COc1ccc(C2c3[nH]c4ccc(Cl)cc4c3CCN2C(O)Oc2ccc(Cl)cc2)cc1. The number of halogens is 2. The monoisotopic (exact) mass is 599 g/mol. The minimum Gasteiger partial charge on any atom is -0.491 e. The maximum atomic E-state index is 11.5. The Bertz CT molecular complexity index is 1480. The van der Waals surface area contributed by atoms with Gasteiger partial charge in [0.15, 0.2) is 0 Å². The molecule has 1 amide bonds. The maximum Gasteiger partial charge on any atom is 0.260 e. The van der Waals surface area contributed by atoms with Gasteiger partial charge in [-0.1, -0.05) is 35.3 Å². The van der Waals surface area contributed by atoms with Crippen LogP contribution in [0.25, 0.3) is 10.9 Å². The number of hydrogen-bond donors (Lipinski definition) is 4. The Labute approximate surface area is 247 Å². The van der Waals surface area contributed by atoms with Crippen LogP contribution in [0, 0.1) is 0 Å². The highest BCUT2D eigenvalue weighted by molar-refractivity contribution is 6.31. The molecule has 4 N–H and O–H groups in total. The highest BCUT2D eigenvalue weighted by Gasteiger charge is 2.36. The molecule has 1 aliphatic heterocycles. The van der Waals surface area contributed by atoms with Crippen LogP contribution >= 0.6 is 23.2 Å². The molecule has 0 aliphatic carbocycles. The molecule has 0 saturated heterocycles. The van der Waals surface area contributed by atoms with Crippen LogP contribution in [-0.2, 0) is 16.0 Å². The molecule has 3 aromatic carbocycles. The van der Waals surface area contributed by atoms with Crippen molar-refractivity contribution in [1.29, 1.82) is 0 Å². The number of benzene rings is 3. The molecule has 1 aromatic heterocycles. The molecule has 0 radical (unpaired) electrons. The number of aliphatic hydroxyl groups excluding tert-OH is 2. The molecule has 5 rings (SSSR count). The number of aromatic nitrogens is 1. The Balaban J connectivity index is 1.37. The number of ether oxygens (including phenoxy) is 3. The van der Waals surface area contributed by atoms with E-state index in [9.17, 15) is 15.0 Å². The van der Waals surface area contributed by atoms with Crippen LogP contribution in [0.3, 0.4) is 0 Å². The van der Waals surface area contributed by atoms with Crippen LogP contribution in [0.2, 0.25) is 10.0 Å². The molecule has 0 bridgehead atoms. The molecule has 0 saturated carbocycles. The second kappa shape index (κ2) is 13.1. The van der Waals surface area contributed by atoms with Crippen molar-refractivity contribution < 1.29 is 29.2 Å². The Morgan fingerprint density at radius 3 is 2.49 bits per heavy atom. The van der Waals surface area contributed by atoms with E-state index in [0.29, 0.717) is 34.5 Å². The van der Waals surface area contributed by atoms with Crippen molar-refractivity contribution in [3.63, 3.8) is 0 Å². The molecule has 1 aliphatic rings. The lowest BCUT2D eigenvalue weighted by atomic mass is 9.92. The summed E-state index contributed by atoms with van der Waals surface area (Å²) in [5, 5.41) is 26.3. The van der Waals surface area contributed by atoms with Crippen molar-refractivity contribution in [3.8, 4) is 11.5 Å². The van der Waals surface area contributed by atoms with E-state index in [1.165, 1.54) is 7.11 Å². The van der Waals surface area contributed by atoms with Crippen LogP contribution in [0.5, 0.6) is 11.5 Å². The van der Waals surface area contributed by atoms with E-state index in [1.54, 1.807) is 24.3 Å². The zero-order valence-electron chi connectivity index (χ0n) is 22.3. The van der Waals surface area contributed by atoms with Gasteiger partial charge in [-0.05, 0) is 72.1 Å². The molecule has 9 nitrogen and oxygen atoms in total. The number of methoxy groups -OCH3 is 1. The molecular weight excluding hydrogens is 569 g/mol. The van der Waals surface area contributed by atoms with Gasteiger partial charge in [-0.25, -0.2) is 4.90 Å².